The Morgan fingerprint density at radius 1 is 1.36 bits per heavy atom. The Balaban J connectivity index is 1.88. The molecule has 140 valence electrons. The van der Waals surface area contributed by atoms with Gasteiger partial charge in [-0.2, -0.15) is 0 Å². The third-order valence-corrected chi connectivity index (χ3v) is 5.26. The smallest absolute Gasteiger partial charge is 0.317 e. The van der Waals surface area contributed by atoms with Crippen LogP contribution in [0.15, 0.2) is 24.3 Å². The standard InChI is InChI=1S/C20H32N2O3/c1-20(2,16-9-7-10-17(12-16)25-4)14-21-19(24)22(3)13-15-8-5-6-11-18(15)23/h7,9-10,12,15,18,23H,5-6,8,11,13-14H2,1-4H3,(H,21,24). The van der Waals surface area contributed by atoms with Crippen molar-refractivity contribution < 1.29 is 14.6 Å². The number of benzene rings is 1. The lowest BCUT2D eigenvalue weighted by atomic mass is 9.84. The number of hydrogen-bond acceptors (Lipinski definition) is 3. The average molecular weight is 348 g/mol. The first kappa shape index (κ1) is 19.6. The van der Waals surface area contributed by atoms with E-state index in [0.29, 0.717) is 13.1 Å². The van der Waals surface area contributed by atoms with E-state index in [0.717, 1.165) is 37.0 Å². The van der Waals surface area contributed by atoms with Crippen molar-refractivity contribution in [3.05, 3.63) is 29.8 Å². The average Bonchev–Trinajstić information content (AvgIpc) is 2.61. The molecular formula is C20H32N2O3. The van der Waals surface area contributed by atoms with Crippen LogP contribution in [0.3, 0.4) is 0 Å². The Labute approximate surface area is 151 Å². The quantitative estimate of drug-likeness (QED) is 0.830. The van der Waals surface area contributed by atoms with Crippen molar-refractivity contribution in [1.29, 1.82) is 0 Å². The van der Waals surface area contributed by atoms with Crippen molar-refractivity contribution in [3.8, 4) is 5.75 Å². The zero-order valence-corrected chi connectivity index (χ0v) is 15.9. The number of rotatable bonds is 6. The van der Waals surface area contributed by atoms with E-state index in [4.69, 9.17) is 4.74 Å². The molecule has 0 radical (unpaired) electrons. The summed E-state index contributed by atoms with van der Waals surface area (Å²) in [5, 5.41) is 13.1. The second kappa shape index (κ2) is 8.56. The highest BCUT2D eigenvalue weighted by molar-refractivity contribution is 5.74. The summed E-state index contributed by atoms with van der Waals surface area (Å²) in [4.78, 5) is 14.1. The fraction of sp³-hybridized carbons (Fsp3) is 0.650. The Bertz CT molecular complexity index is 574. The lowest BCUT2D eigenvalue weighted by Crippen LogP contribution is -2.46. The van der Waals surface area contributed by atoms with Crippen LogP contribution < -0.4 is 10.1 Å². The van der Waals surface area contributed by atoms with Crippen molar-refractivity contribution >= 4 is 6.03 Å². The zero-order chi connectivity index (χ0) is 18.4. The third-order valence-electron chi connectivity index (χ3n) is 5.26. The molecule has 0 saturated heterocycles. The van der Waals surface area contributed by atoms with Gasteiger partial charge in [0.15, 0.2) is 0 Å². The van der Waals surface area contributed by atoms with E-state index < -0.39 is 0 Å². The molecule has 25 heavy (non-hydrogen) atoms. The summed E-state index contributed by atoms with van der Waals surface area (Å²) in [6.45, 7) is 5.35. The predicted molar refractivity (Wildman–Crippen MR) is 100 cm³/mol. The first-order chi connectivity index (χ1) is 11.8. The van der Waals surface area contributed by atoms with Gasteiger partial charge in [-0.25, -0.2) is 4.79 Å². The summed E-state index contributed by atoms with van der Waals surface area (Å²) in [6.07, 6.45) is 3.79. The number of nitrogens with one attached hydrogen (secondary N) is 1. The summed E-state index contributed by atoms with van der Waals surface area (Å²) in [5.41, 5.74) is 0.924. The Morgan fingerprint density at radius 2 is 2.08 bits per heavy atom. The number of hydrogen-bond donors (Lipinski definition) is 2. The molecule has 2 atom stereocenters. The van der Waals surface area contributed by atoms with Gasteiger partial charge in [0.2, 0.25) is 0 Å². The molecule has 1 aromatic carbocycles. The molecule has 5 nitrogen and oxygen atoms in total. The summed E-state index contributed by atoms with van der Waals surface area (Å²) in [7, 11) is 3.46. The molecule has 0 aliphatic heterocycles. The lowest BCUT2D eigenvalue weighted by Gasteiger charge is -2.32. The predicted octanol–water partition coefficient (Wildman–Crippen LogP) is 3.17. The zero-order valence-electron chi connectivity index (χ0n) is 15.9. The van der Waals surface area contributed by atoms with E-state index in [2.05, 4.69) is 25.2 Å². The van der Waals surface area contributed by atoms with Crippen molar-refractivity contribution in [2.45, 2.75) is 51.0 Å². The molecule has 0 aromatic heterocycles. The van der Waals surface area contributed by atoms with Gasteiger partial charge in [0.25, 0.3) is 0 Å². The normalized spacial score (nSPS) is 20.8. The summed E-state index contributed by atoms with van der Waals surface area (Å²) < 4.78 is 5.29. The molecule has 2 N–H and O–H groups in total. The highest BCUT2D eigenvalue weighted by atomic mass is 16.5. The van der Waals surface area contributed by atoms with Gasteiger partial charge < -0.3 is 20.1 Å². The molecule has 2 rings (SSSR count). The Morgan fingerprint density at radius 3 is 2.76 bits per heavy atom. The Kier molecular flexibility index (Phi) is 6.71. The van der Waals surface area contributed by atoms with E-state index in [9.17, 15) is 9.90 Å². The van der Waals surface area contributed by atoms with Crippen LogP contribution in [-0.4, -0.2) is 49.4 Å². The van der Waals surface area contributed by atoms with E-state index >= 15 is 0 Å². The molecule has 2 unspecified atom stereocenters. The largest absolute Gasteiger partial charge is 0.497 e. The van der Waals surface area contributed by atoms with Crippen LogP contribution in [-0.2, 0) is 5.41 Å². The minimum atomic E-state index is -0.280. The van der Waals surface area contributed by atoms with Gasteiger partial charge in [-0.3, -0.25) is 0 Å². The number of aliphatic hydroxyl groups is 1. The van der Waals surface area contributed by atoms with Crippen LogP contribution in [0.25, 0.3) is 0 Å². The number of ether oxygens (including phenoxy) is 1. The van der Waals surface area contributed by atoms with Crippen molar-refractivity contribution in [3.63, 3.8) is 0 Å². The lowest BCUT2D eigenvalue weighted by molar-refractivity contribution is 0.0564. The maximum absolute atomic E-state index is 12.4. The molecule has 0 bridgehead atoms. The fourth-order valence-electron chi connectivity index (χ4n) is 3.41. The van der Waals surface area contributed by atoms with Crippen LogP contribution in [0.2, 0.25) is 0 Å². The molecule has 0 heterocycles. The number of methoxy groups -OCH3 is 1. The second-order valence-corrected chi connectivity index (χ2v) is 7.77. The minimum Gasteiger partial charge on any atom is -0.497 e. The summed E-state index contributed by atoms with van der Waals surface area (Å²) in [5.74, 6) is 1.01. The van der Waals surface area contributed by atoms with Crippen molar-refractivity contribution in [2.24, 2.45) is 5.92 Å². The SMILES string of the molecule is COc1cccc(C(C)(C)CNC(=O)N(C)CC2CCCCC2O)c1. The van der Waals surface area contributed by atoms with Gasteiger partial charge in [-0.1, -0.05) is 38.8 Å². The summed E-state index contributed by atoms with van der Waals surface area (Å²) in [6, 6.07) is 7.86. The van der Waals surface area contributed by atoms with Gasteiger partial charge in [-0.15, -0.1) is 0 Å². The van der Waals surface area contributed by atoms with E-state index in [1.54, 1.807) is 19.1 Å². The number of carbonyl (C=O) groups is 1. The first-order valence-electron chi connectivity index (χ1n) is 9.15. The maximum atomic E-state index is 12.4. The number of nitrogens with zero attached hydrogens (tertiary/aromatic N) is 1. The number of aliphatic hydroxyl groups excluding tert-OH is 1. The molecule has 1 aliphatic carbocycles. The van der Waals surface area contributed by atoms with Gasteiger partial charge in [0.05, 0.1) is 13.2 Å². The number of urea groups is 1. The van der Waals surface area contributed by atoms with E-state index in [1.807, 2.05) is 18.2 Å². The van der Waals surface area contributed by atoms with Gasteiger partial charge in [0, 0.05) is 31.5 Å². The topological polar surface area (TPSA) is 61.8 Å². The Hall–Kier alpha value is -1.75. The summed E-state index contributed by atoms with van der Waals surface area (Å²) >= 11 is 0. The molecule has 5 heteroatoms. The third kappa shape index (κ3) is 5.36. The molecule has 2 amide bonds. The van der Waals surface area contributed by atoms with Crippen LogP contribution in [0.5, 0.6) is 5.75 Å². The van der Waals surface area contributed by atoms with E-state index in [1.165, 1.54) is 0 Å². The van der Waals surface area contributed by atoms with Crippen LogP contribution in [0.4, 0.5) is 4.79 Å². The highest BCUT2D eigenvalue weighted by Gasteiger charge is 2.27. The highest BCUT2D eigenvalue weighted by Crippen LogP contribution is 2.26. The van der Waals surface area contributed by atoms with Crippen LogP contribution in [0.1, 0.15) is 45.1 Å². The molecule has 0 spiro atoms. The van der Waals surface area contributed by atoms with Crippen LogP contribution >= 0.6 is 0 Å². The number of amides is 2. The second-order valence-electron chi connectivity index (χ2n) is 7.77. The number of carbonyl (C=O) groups excluding carboxylic acids is 1. The van der Waals surface area contributed by atoms with Crippen molar-refractivity contribution in [2.75, 3.05) is 27.2 Å². The van der Waals surface area contributed by atoms with Crippen LogP contribution in [0, 0.1) is 5.92 Å². The fourth-order valence-corrected chi connectivity index (χ4v) is 3.41. The van der Waals surface area contributed by atoms with Gasteiger partial charge in [-0.05, 0) is 30.5 Å². The molecule has 1 aromatic rings. The van der Waals surface area contributed by atoms with Gasteiger partial charge in [0.1, 0.15) is 5.75 Å². The molecule has 1 saturated carbocycles. The molecule has 1 aliphatic rings. The minimum absolute atomic E-state index is 0.0891. The monoisotopic (exact) mass is 348 g/mol. The maximum Gasteiger partial charge on any atom is 0.317 e. The van der Waals surface area contributed by atoms with E-state index in [-0.39, 0.29) is 23.5 Å². The molecule has 1 fully saturated rings. The van der Waals surface area contributed by atoms with Crippen molar-refractivity contribution in [1.82, 2.24) is 10.2 Å². The van der Waals surface area contributed by atoms with Gasteiger partial charge >= 0.3 is 6.03 Å². The first-order valence-corrected chi connectivity index (χ1v) is 9.15. The molecular weight excluding hydrogens is 316 g/mol.